The largest absolute Gasteiger partial charge is 0.494 e. The van der Waals surface area contributed by atoms with E-state index in [2.05, 4.69) is 0 Å². The Morgan fingerprint density at radius 1 is 1.40 bits per heavy atom. The third kappa shape index (κ3) is 3.22. The van der Waals surface area contributed by atoms with E-state index in [9.17, 15) is 18.0 Å². The molecule has 0 amide bonds. The van der Waals surface area contributed by atoms with E-state index in [0.717, 1.165) is 6.07 Å². The van der Waals surface area contributed by atoms with Gasteiger partial charge in [-0.1, -0.05) is 0 Å². The molecule has 1 aromatic heterocycles. The second-order valence-electron chi connectivity index (χ2n) is 2.73. The normalized spacial score (nSPS) is 11.5. The van der Waals surface area contributed by atoms with Gasteiger partial charge in [0.05, 0.1) is 11.8 Å². The number of nitrogens with one attached hydrogen (secondary N) is 1. The van der Waals surface area contributed by atoms with Crippen molar-refractivity contribution in [2.24, 2.45) is 0 Å². The lowest BCUT2D eigenvalue weighted by atomic mass is 10.5. The number of rotatable bonds is 3. The molecule has 15 heavy (non-hydrogen) atoms. The molecule has 1 heterocycles. The van der Waals surface area contributed by atoms with Gasteiger partial charge in [-0.2, -0.15) is 8.42 Å². The van der Waals surface area contributed by atoms with Gasteiger partial charge < -0.3 is 5.11 Å². The Bertz CT molecular complexity index is 568. The molecule has 8 nitrogen and oxygen atoms in total. The van der Waals surface area contributed by atoms with Crippen molar-refractivity contribution in [3.05, 3.63) is 26.9 Å². The molecule has 9 heteroatoms. The lowest BCUT2D eigenvalue weighted by Gasteiger charge is -2.04. The molecule has 0 saturated carbocycles. The van der Waals surface area contributed by atoms with E-state index < -0.39 is 39.5 Å². The number of aromatic nitrogens is 2. The molecule has 0 bridgehead atoms. The molecule has 0 fully saturated rings. The van der Waals surface area contributed by atoms with Gasteiger partial charge in [0.2, 0.25) is 5.88 Å². The number of hydrogen-bond acceptors (Lipinski definition) is 5. The van der Waals surface area contributed by atoms with Crippen LogP contribution in [0.1, 0.15) is 0 Å². The van der Waals surface area contributed by atoms with Gasteiger partial charge in [0.1, 0.15) is 0 Å². The molecule has 0 atom stereocenters. The molecule has 1 rings (SSSR count). The molecular weight excluding hydrogens is 228 g/mol. The molecule has 1 aromatic rings. The highest BCUT2D eigenvalue weighted by Gasteiger charge is 2.09. The van der Waals surface area contributed by atoms with Crippen molar-refractivity contribution >= 4 is 10.1 Å². The summed E-state index contributed by atoms with van der Waals surface area (Å²) in [5.74, 6) is -1.39. The molecule has 0 saturated heterocycles. The topological polar surface area (TPSA) is 129 Å². The molecule has 0 aliphatic heterocycles. The first-order chi connectivity index (χ1) is 6.79. The van der Waals surface area contributed by atoms with E-state index in [4.69, 9.17) is 9.66 Å². The lowest BCUT2D eigenvalue weighted by Crippen LogP contribution is -2.31. The Morgan fingerprint density at radius 3 is 2.47 bits per heavy atom. The van der Waals surface area contributed by atoms with Gasteiger partial charge in [-0.05, 0) is 0 Å². The molecule has 0 aliphatic carbocycles. The SMILES string of the molecule is O=c1cc(O)n(CCS(=O)(=O)O)c(=O)[nH]1. The van der Waals surface area contributed by atoms with Crippen molar-refractivity contribution in [1.82, 2.24) is 9.55 Å². The Balaban J connectivity index is 3.07. The molecule has 3 N–H and O–H groups in total. The van der Waals surface area contributed by atoms with Crippen LogP contribution in [-0.4, -0.2) is 33.4 Å². The van der Waals surface area contributed by atoms with Crippen LogP contribution >= 0.6 is 0 Å². The highest BCUT2D eigenvalue weighted by atomic mass is 32.2. The summed E-state index contributed by atoms with van der Waals surface area (Å²) in [6.07, 6.45) is 0. The first-order valence-electron chi connectivity index (χ1n) is 3.78. The second-order valence-corrected chi connectivity index (χ2v) is 4.31. The van der Waals surface area contributed by atoms with Gasteiger partial charge in [0.15, 0.2) is 0 Å². The molecule has 0 unspecified atom stereocenters. The van der Waals surface area contributed by atoms with Crippen molar-refractivity contribution < 1.29 is 18.1 Å². The molecule has 0 radical (unpaired) electrons. The molecule has 84 valence electrons. The maximum atomic E-state index is 11.0. The summed E-state index contributed by atoms with van der Waals surface area (Å²) in [4.78, 5) is 23.5. The maximum absolute atomic E-state index is 11.0. The van der Waals surface area contributed by atoms with E-state index in [1.165, 1.54) is 0 Å². The zero-order valence-corrected chi connectivity index (χ0v) is 8.19. The smallest absolute Gasteiger partial charge is 0.331 e. The van der Waals surface area contributed by atoms with Gasteiger partial charge in [-0.25, -0.2) is 4.79 Å². The summed E-state index contributed by atoms with van der Waals surface area (Å²) >= 11 is 0. The second kappa shape index (κ2) is 3.87. The highest BCUT2D eigenvalue weighted by molar-refractivity contribution is 7.85. The van der Waals surface area contributed by atoms with Crippen LogP contribution in [-0.2, 0) is 16.7 Å². The first kappa shape index (κ1) is 11.5. The van der Waals surface area contributed by atoms with Crippen LogP contribution in [0.2, 0.25) is 0 Å². The Labute approximate surface area is 83.6 Å². The third-order valence-corrected chi connectivity index (χ3v) is 2.28. The van der Waals surface area contributed by atoms with Gasteiger partial charge in [0.25, 0.3) is 15.7 Å². The molecule has 0 aromatic carbocycles. The zero-order chi connectivity index (χ0) is 11.6. The predicted molar refractivity (Wildman–Crippen MR) is 49.4 cm³/mol. The van der Waals surface area contributed by atoms with Crippen molar-refractivity contribution in [2.45, 2.75) is 6.54 Å². The van der Waals surface area contributed by atoms with E-state index in [1.807, 2.05) is 4.98 Å². The monoisotopic (exact) mass is 236 g/mol. The quantitative estimate of drug-likeness (QED) is 0.527. The Hall–Kier alpha value is -1.61. The highest BCUT2D eigenvalue weighted by Crippen LogP contribution is 2.00. The van der Waals surface area contributed by atoms with Crippen LogP contribution < -0.4 is 11.2 Å². The van der Waals surface area contributed by atoms with Gasteiger partial charge in [0, 0.05) is 6.54 Å². The average Bonchev–Trinajstić information content (AvgIpc) is 1.99. The van der Waals surface area contributed by atoms with Crippen LogP contribution in [0.25, 0.3) is 0 Å². The Kier molecular flexibility index (Phi) is 2.95. The van der Waals surface area contributed by atoms with Gasteiger partial charge >= 0.3 is 5.69 Å². The fourth-order valence-electron chi connectivity index (χ4n) is 0.931. The number of hydrogen-bond donors (Lipinski definition) is 3. The van der Waals surface area contributed by atoms with E-state index in [1.54, 1.807) is 0 Å². The van der Waals surface area contributed by atoms with E-state index in [-0.39, 0.29) is 0 Å². The van der Waals surface area contributed by atoms with Crippen LogP contribution in [0.3, 0.4) is 0 Å². The average molecular weight is 236 g/mol. The van der Waals surface area contributed by atoms with Crippen LogP contribution in [0, 0.1) is 0 Å². The molecular formula is C6H8N2O6S. The van der Waals surface area contributed by atoms with E-state index in [0.29, 0.717) is 4.57 Å². The molecule has 0 aliphatic rings. The summed E-state index contributed by atoms with van der Waals surface area (Å²) in [7, 11) is -4.23. The maximum Gasteiger partial charge on any atom is 0.331 e. The van der Waals surface area contributed by atoms with Crippen LogP contribution in [0.15, 0.2) is 15.7 Å². The van der Waals surface area contributed by atoms with Crippen LogP contribution in [0.5, 0.6) is 5.88 Å². The number of aromatic hydroxyl groups is 1. The van der Waals surface area contributed by atoms with E-state index >= 15 is 0 Å². The van der Waals surface area contributed by atoms with Crippen molar-refractivity contribution in [3.63, 3.8) is 0 Å². The number of H-pyrrole nitrogens is 1. The summed E-state index contributed by atoms with van der Waals surface area (Å²) in [5.41, 5.74) is -1.73. The summed E-state index contributed by atoms with van der Waals surface area (Å²) in [6.45, 7) is -0.444. The summed E-state index contributed by atoms with van der Waals surface area (Å²) in [6, 6.07) is 0.728. The van der Waals surface area contributed by atoms with Crippen LogP contribution in [0.4, 0.5) is 0 Å². The minimum atomic E-state index is -4.23. The van der Waals surface area contributed by atoms with Crippen molar-refractivity contribution in [1.29, 1.82) is 0 Å². The number of nitrogens with zero attached hydrogens (tertiary/aromatic N) is 1. The third-order valence-electron chi connectivity index (χ3n) is 1.58. The summed E-state index contributed by atoms with van der Waals surface area (Å²) < 4.78 is 29.8. The summed E-state index contributed by atoms with van der Waals surface area (Å²) in [5, 5.41) is 9.14. The fourth-order valence-corrected chi connectivity index (χ4v) is 1.34. The van der Waals surface area contributed by atoms with Gasteiger partial charge in [-0.15, -0.1) is 0 Å². The first-order valence-corrected chi connectivity index (χ1v) is 5.39. The lowest BCUT2D eigenvalue weighted by molar-refractivity contribution is 0.403. The molecule has 0 spiro atoms. The van der Waals surface area contributed by atoms with Crippen molar-refractivity contribution in [2.75, 3.05) is 5.75 Å². The zero-order valence-electron chi connectivity index (χ0n) is 7.37. The standard InChI is InChI=1S/C6H8N2O6S/c9-4-3-5(10)8(6(11)7-4)1-2-15(12,13)14/h3,10H,1-2H2,(H,7,9,11)(H,12,13,14). The predicted octanol–water partition coefficient (Wildman–Crippen LogP) is -1.87. The van der Waals surface area contributed by atoms with Gasteiger partial charge in [-0.3, -0.25) is 18.9 Å². The number of aromatic amines is 1. The van der Waals surface area contributed by atoms with Crippen molar-refractivity contribution in [3.8, 4) is 5.88 Å². The minimum absolute atomic E-state index is 0.444. The fraction of sp³-hybridized carbons (Fsp3) is 0.333. The minimum Gasteiger partial charge on any atom is -0.494 e. The Morgan fingerprint density at radius 2 is 2.00 bits per heavy atom.